The quantitative estimate of drug-likeness (QED) is 0.660. The molecular formula is C12H14N2. The van der Waals surface area contributed by atoms with Crippen LogP contribution in [0.25, 0.3) is 5.57 Å². The summed E-state index contributed by atoms with van der Waals surface area (Å²) in [6.07, 6.45) is 0. The molecular weight excluding hydrogens is 172 g/mol. The maximum absolute atomic E-state index is 4.31. The Bertz CT molecular complexity index is 428. The fraction of sp³-hybridized carbons (Fsp3) is 0.250. The Morgan fingerprint density at radius 3 is 2.50 bits per heavy atom. The van der Waals surface area contributed by atoms with Gasteiger partial charge in [-0.15, -0.1) is 0 Å². The van der Waals surface area contributed by atoms with Crippen LogP contribution in [0.15, 0.2) is 34.9 Å². The zero-order chi connectivity index (χ0) is 10.1. The predicted octanol–water partition coefficient (Wildman–Crippen LogP) is 3.28. The Labute approximate surface area is 84.3 Å². The smallest absolute Gasteiger partial charge is 0.0637 e. The normalized spacial score (nSPS) is 15.5. The molecule has 1 aromatic rings. The van der Waals surface area contributed by atoms with Gasteiger partial charge in [0.05, 0.1) is 11.4 Å². The Morgan fingerprint density at radius 1 is 1.00 bits per heavy atom. The van der Waals surface area contributed by atoms with E-state index in [1.807, 2.05) is 19.1 Å². The highest BCUT2D eigenvalue weighted by Crippen LogP contribution is 2.28. The van der Waals surface area contributed by atoms with Crippen molar-refractivity contribution in [3.8, 4) is 0 Å². The second-order valence-electron chi connectivity index (χ2n) is 3.60. The zero-order valence-electron chi connectivity index (χ0n) is 8.76. The number of nitrogens with zero attached hydrogens (tertiary/aromatic N) is 1. The van der Waals surface area contributed by atoms with Crippen molar-refractivity contribution in [2.45, 2.75) is 20.8 Å². The molecule has 0 atom stereocenters. The van der Waals surface area contributed by atoms with E-state index in [9.17, 15) is 0 Å². The molecule has 0 aliphatic carbocycles. The van der Waals surface area contributed by atoms with Crippen molar-refractivity contribution < 1.29 is 0 Å². The number of para-hydroxylation sites is 1. The number of allylic oxidation sites excluding steroid dienone is 2. The number of benzene rings is 1. The van der Waals surface area contributed by atoms with Crippen LogP contribution >= 0.6 is 0 Å². The van der Waals surface area contributed by atoms with Crippen LogP contribution in [0.2, 0.25) is 0 Å². The second-order valence-corrected chi connectivity index (χ2v) is 3.60. The van der Waals surface area contributed by atoms with Gasteiger partial charge in [0, 0.05) is 5.56 Å². The van der Waals surface area contributed by atoms with Crippen LogP contribution in [-0.2, 0) is 0 Å². The van der Waals surface area contributed by atoms with Gasteiger partial charge in [0.25, 0.3) is 0 Å². The first kappa shape index (κ1) is 9.00. The van der Waals surface area contributed by atoms with Gasteiger partial charge in [0.15, 0.2) is 0 Å². The molecule has 2 nitrogen and oxygen atoms in total. The molecule has 0 bridgehead atoms. The van der Waals surface area contributed by atoms with Gasteiger partial charge in [0.1, 0.15) is 0 Å². The number of hydrogen-bond donors (Lipinski definition) is 1. The molecule has 0 aromatic heterocycles. The van der Waals surface area contributed by atoms with E-state index in [2.05, 4.69) is 36.5 Å². The topological polar surface area (TPSA) is 24.4 Å². The van der Waals surface area contributed by atoms with Gasteiger partial charge in [-0.25, -0.2) is 0 Å². The first-order chi connectivity index (χ1) is 6.70. The summed E-state index contributed by atoms with van der Waals surface area (Å²) in [5, 5.41) is 4.31. The summed E-state index contributed by atoms with van der Waals surface area (Å²) in [7, 11) is 0. The van der Waals surface area contributed by atoms with E-state index in [-0.39, 0.29) is 0 Å². The third kappa shape index (κ3) is 1.33. The summed E-state index contributed by atoms with van der Waals surface area (Å²) in [5.74, 6) is 0. The van der Waals surface area contributed by atoms with E-state index in [0.29, 0.717) is 0 Å². The zero-order valence-corrected chi connectivity index (χ0v) is 8.76. The summed E-state index contributed by atoms with van der Waals surface area (Å²) >= 11 is 0. The van der Waals surface area contributed by atoms with Crippen LogP contribution in [0, 0.1) is 0 Å². The Morgan fingerprint density at radius 2 is 1.71 bits per heavy atom. The molecule has 0 saturated carbocycles. The van der Waals surface area contributed by atoms with E-state index in [1.165, 1.54) is 16.7 Å². The molecule has 0 unspecified atom stereocenters. The number of anilines is 1. The number of nitrogens with one attached hydrogen (secondary N) is 1. The Balaban J connectivity index is 2.65. The molecule has 1 aliphatic heterocycles. The minimum atomic E-state index is 1.05. The third-order valence-electron chi connectivity index (χ3n) is 2.78. The van der Waals surface area contributed by atoms with Crippen LogP contribution in [0.5, 0.6) is 0 Å². The molecule has 0 spiro atoms. The number of fused-ring (bicyclic) bond motifs is 1. The van der Waals surface area contributed by atoms with E-state index < -0.39 is 0 Å². The average molecular weight is 186 g/mol. The number of rotatable bonds is 0. The molecule has 1 N–H and O–H groups in total. The van der Waals surface area contributed by atoms with Gasteiger partial charge in [-0.05, 0) is 38.0 Å². The van der Waals surface area contributed by atoms with Crippen LogP contribution in [0.4, 0.5) is 5.69 Å². The summed E-state index contributed by atoms with van der Waals surface area (Å²) in [6, 6.07) is 8.24. The lowest BCUT2D eigenvalue weighted by atomic mass is 9.99. The van der Waals surface area contributed by atoms with Crippen molar-refractivity contribution in [3.05, 3.63) is 35.4 Å². The average Bonchev–Trinajstić information content (AvgIpc) is 2.32. The van der Waals surface area contributed by atoms with Gasteiger partial charge in [-0.1, -0.05) is 18.2 Å². The van der Waals surface area contributed by atoms with Gasteiger partial charge < -0.3 is 0 Å². The molecule has 72 valence electrons. The third-order valence-corrected chi connectivity index (χ3v) is 2.78. The number of hydrazone groups is 1. The number of hydrogen-bond acceptors (Lipinski definition) is 2. The van der Waals surface area contributed by atoms with Crippen molar-refractivity contribution in [2.75, 3.05) is 5.43 Å². The first-order valence-electron chi connectivity index (χ1n) is 4.77. The molecule has 0 saturated heterocycles. The van der Waals surface area contributed by atoms with Crippen LogP contribution in [0.3, 0.4) is 0 Å². The Kier molecular flexibility index (Phi) is 2.12. The molecule has 2 heteroatoms. The van der Waals surface area contributed by atoms with Crippen molar-refractivity contribution in [3.63, 3.8) is 0 Å². The highest BCUT2D eigenvalue weighted by molar-refractivity contribution is 6.06. The van der Waals surface area contributed by atoms with Gasteiger partial charge >= 0.3 is 0 Å². The van der Waals surface area contributed by atoms with Gasteiger partial charge in [-0.2, -0.15) is 5.10 Å². The van der Waals surface area contributed by atoms with Crippen LogP contribution < -0.4 is 5.43 Å². The minimum Gasteiger partial charge on any atom is -0.278 e. The highest BCUT2D eigenvalue weighted by atomic mass is 15.3. The van der Waals surface area contributed by atoms with Crippen LogP contribution in [0.1, 0.15) is 26.3 Å². The largest absolute Gasteiger partial charge is 0.278 e. The van der Waals surface area contributed by atoms with E-state index in [4.69, 9.17) is 0 Å². The fourth-order valence-electron chi connectivity index (χ4n) is 1.61. The maximum atomic E-state index is 4.31. The summed E-state index contributed by atoms with van der Waals surface area (Å²) in [6.45, 7) is 6.27. The molecule has 1 aliphatic rings. The van der Waals surface area contributed by atoms with E-state index in [0.717, 1.165) is 11.4 Å². The first-order valence-corrected chi connectivity index (χ1v) is 4.77. The SMILES string of the molecule is CC1=NNc2ccccc2C(C)=C1C. The molecule has 0 radical (unpaired) electrons. The maximum Gasteiger partial charge on any atom is 0.0637 e. The summed E-state index contributed by atoms with van der Waals surface area (Å²) in [5.41, 5.74) is 9.01. The molecule has 1 aromatic carbocycles. The fourth-order valence-corrected chi connectivity index (χ4v) is 1.61. The second kappa shape index (κ2) is 3.29. The predicted molar refractivity (Wildman–Crippen MR) is 61.4 cm³/mol. The standard InChI is InChI=1S/C12H14N2/c1-8-9(2)11-6-4-5-7-12(11)14-13-10(8)3/h4-7,14H,1-3H3. The summed E-state index contributed by atoms with van der Waals surface area (Å²) < 4.78 is 0. The lowest BCUT2D eigenvalue weighted by Crippen LogP contribution is -1.96. The minimum absolute atomic E-state index is 1.05. The van der Waals surface area contributed by atoms with Crippen molar-refractivity contribution in [2.24, 2.45) is 5.10 Å². The Hall–Kier alpha value is -1.57. The van der Waals surface area contributed by atoms with Crippen molar-refractivity contribution >= 4 is 17.0 Å². The highest BCUT2D eigenvalue weighted by Gasteiger charge is 2.10. The molecule has 14 heavy (non-hydrogen) atoms. The lowest BCUT2D eigenvalue weighted by molar-refractivity contribution is 1.32. The van der Waals surface area contributed by atoms with Crippen LogP contribution in [-0.4, -0.2) is 5.71 Å². The molecule has 0 amide bonds. The van der Waals surface area contributed by atoms with E-state index in [1.54, 1.807) is 0 Å². The van der Waals surface area contributed by atoms with Gasteiger partial charge in [-0.3, -0.25) is 5.43 Å². The van der Waals surface area contributed by atoms with Gasteiger partial charge in [0.2, 0.25) is 0 Å². The molecule has 1 heterocycles. The molecule has 0 fully saturated rings. The monoisotopic (exact) mass is 186 g/mol. The van der Waals surface area contributed by atoms with Crippen molar-refractivity contribution in [1.29, 1.82) is 0 Å². The van der Waals surface area contributed by atoms with E-state index >= 15 is 0 Å². The lowest BCUT2D eigenvalue weighted by Gasteiger charge is -2.06. The molecule has 2 rings (SSSR count). The summed E-state index contributed by atoms with van der Waals surface area (Å²) in [4.78, 5) is 0. The van der Waals surface area contributed by atoms with Crippen molar-refractivity contribution in [1.82, 2.24) is 0 Å².